The molecule has 1 atom stereocenters. The molecule has 0 saturated carbocycles. The zero-order valence-electron chi connectivity index (χ0n) is 17.6. The average molecular weight is 453 g/mol. The van der Waals surface area contributed by atoms with E-state index in [-0.39, 0.29) is 28.5 Å². The van der Waals surface area contributed by atoms with E-state index in [1.165, 1.54) is 22.1 Å². The molecule has 30 heavy (non-hydrogen) atoms. The lowest BCUT2D eigenvalue weighted by Gasteiger charge is -2.33. The predicted molar refractivity (Wildman–Crippen MR) is 116 cm³/mol. The summed E-state index contributed by atoms with van der Waals surface area (Å²) in [5, 5.41) is 8.32. The smallest absolute Gasteiger partial charge is 0.277 e. The van der Waals surface area contributed by atoms with Crippen LogP contribution in [0.3, 0.4) is 0 Å². The van der Waals surface area contributed by atoms with E-state index >= 15 is 0 Å². The van der Waals surface area contributed by atoms with Crippen molar-refractivity contribution in [2.45, 2.75) is 56.2 Å². The van der Waals surface area contributed by atoms with E-state index in [2.05, 4.69) is 17.1 Å². The summed E-state index contributed by atoms with van der Waals surface area (Å²) < 4.78 is 32.6. The fourth-order valence-corrected chi connectivity index (χ4v) is 5.72. The third kappa shape index (κ3) is 5.04. The van der Waals surface area contributed by atoms with Crippen LogP contribution in [0.15, 0.2) is 38.8 Å². The van der Waals surface area contributed by atoms with Crippen molar-refractivity contribution in [2.75, 3.05) is 25.4 Å². The second-order valence-electron chi connectivity index (χ2n) is 7.21. The second kappa shape index (κ2) is 9.93. The summed E-state index contributed by atoms with van der Waals surface area (Å²) in [5.41, 5.74) is 0.526. The zero-order chi connectivity index (χ0) is 21.7. The van der Waals surface area contributed by atoms with E-state index in [9.17, 15) is 13.2 Å². The summed E-state index contributed by atoms with van der Waals surface area (Å²) in [7, 11) is -3.58. The van der Waals surface area contributed by atoms with Crippen LogP contribution in [0.4, 0.5) is 0 Å². The molecule has 0 N–H and O–H groups in total. The average Bonchev–Trinajstić information content (AvgIpc) is 3.22. The number of piperidine rings is 1. The fraction of sp³-hybridized carbons (Fsp3) is 0.550. The molecule has 1 aromatic carbocycles. The number of hydrogen-bond donors (Lipinski definition) is 0. The van der Waals surface area contributed by atoms with Gasteiger partial charge in [0.1, 0.15) is 0 Å². The van der Waals surface area contributed by atoms with Gasteiger partial charge in [-0.25, -0.2) is 8.42 Å². The van der Waals surface area contributed by atoms with Gasteiger partial charge in [-0.3, -0.25) is 4.79 Å². The molecule has 1 saturated heterocycles. The van der Waals surface area contributed by atoms with Crippen molar-refractivity contribution in [3.8, 4) is 11.5 Å². The molecule has 164 valence electrons. The number of hydrogen-bond acceptors (Lipinski definition) is 7. The van der Waals surface area contributed by atoms with Crippen molar-refractivity contribution in [1.82, 2.24) is 19.4 Å². The van der Waals surface area contributed by atoms with E-state index in [1.807, 2.05) is 4.90 Å². The van der Waals surface area contributed by atoms with Gasteiger partial charge in [0.15, 0.2) is 0 Å². The number of amides is 1. The number of likely N-dealkylation sites (tertiary alicyclic amines) is 1. The Labute approximate surface area is 182 Å². The van der Waals surface area contributed by atoms with Gasteiger partial charge in [0.05, 0.1) is 10.6 Å². The molecule has 1 fully saturated rings. The molecule has 0 bridgehead atoms. The molecule has 2 heterocycles. The summed E-state index contributed by atoms with van der Waals surface area (Å²) in [4.78, 5) is 14.6. The Kier molecular flexibility index (Phi) is 7.54. The van der Waals surface area contributed by atoms with Gasteiger partial charge < -0.3 is 9.32 Å². The topological polar surface area (TPSA) is 96.6 Å². The summed E-state index contributed by atoms with van der Waals surface area (Å²) in [6, 6.07) is 6.74. The molecule has 3 rings (SSSR count). The Morgan fingerprint density at radius 1 is 1.27 bits per heavy atom. The van der Waals surface area contributed by atoms with Crippen LogP contribution in [0, 0.1) is 0 Å². The maximum absolute atomic E-state index is 12.8. The van der Waals surface area contributed by atoms with Crippen molar-refractivity contribution >= 4 is 27.7 Å². The van der Waals surface area contributed by atoms with Crippen molar-refractivity contribution in [1.29, 1.82) is 0 Å². The molecule has 0 radical (unpaired) electrons. The summed E-state index contributed by atoms with van der Waals surface area (Å²) in [6.07, 6.45) is 3.24. The minimum Gasteiger partial charge on any atom is -0.411 e. The van der Waals surface area contributed by atoms with Crippen molar-refractivity contribution in [3.63, 3.8) is 0 Å². The molecule has 10 heteroatoms. The maximum atomic E-state index is 12.8. The van der Waals surface area contributed by atoms with E-state index in [1.54, 1.807) is 32.0 Å². The highest BCUT2D eigenvalue weighted by atomic mass is 32.2. The normalized spacial score (nSPS) is 17.5. The van der Waals surface area contributed by atoms with Crippen LogP contribution in [0.25, 0.3) is 11.5 Å². The Bertz CT molecular complexity index is 973. The molecule has 1 aliphatic heterocycles. The lowest BCUT2D eigenvalue weighted by molar-refractivity contribution is -0.131. The highest BCUT2D eigenvalue weighted by Gasteiger charge is 2.25. The van der Waals surface area contributed by atoms with Crippen LogP contribution in [-0.2, 0) is 14.8 Å². The van der Waals surface area contributed by atoms with Gasteiger partial charge in [-0.2, -0.15) is 4.31 Å². The largest absolute Gasteiger partial charge is 0.411 e. The standard InChI is InChI=1S/C20H28N4O4S2/c1-4-23(5-2)30(26,27)17-11-8-10-16(13-17)19-21-22-20(28-19)29-14-18(25)24-12-7-6-9-15(24)3/h8,10-11,13,15H,4-7,9,12,14H2,1-3H3/t15-/m0/s1. The van der Waals surface area contributed by atoms with Gasteiger partial charge in [0.2, 0.25) is 21.8 Å². The molecule has 1 aromatic heterocycles. The predicted octanol–water partition coefficient (Wildman–Crippen LogP) is 3.26. The molecule has 0 spiro atoms. The van der Waals surface area contributed by atoms with Gasteiger partial charge in [0, 0.05) is 31.2 Å². The van der Waals surface area contributed by atoms with E-state index in [4.69, 9.17) is 4.42 Å². The van der Waals surface area contributed by atoms with Gasteiger partial charge >= 0.3 is 0 Å². The van der Waals surface area contributed by atoms with E-state index in [0.717, 1.165) is 25.8 Å². The first-order valence-electron chi connectivity index (χ1n) is 10.2. The number of nitrogens with zero attached hydrogens (tertiary/aromatic N) is 4. The minimum absolute atomic E-state index is 0.0688. The maximum Gasteiger partial charge on any atom is 0.277 e. The third-order valence-corrected chi connectivity index (χ3v) is 8.12. The highest BCUT2D eigenvalue weighted by molar-refractivity contribution is 7.99. The SMILES string of the molecule is CCN(CC)S(=O)(=O)c1cccc(-c2nnc(SCC(=O)N3CCCC[C@@H]3C)o2)c1. The number of thioether (sulfide) groups is 1. The van der Waals surface area contributed by atoms with Crippen molar-refractivity contribution in [3.05, 3.63) is 24.3 Å². The molecule has 0 aliphatic carbocycles. The van der Waals surface area contributed by atoms with Crippen LogP contribution in [0.2, 0.25) is 0 Å². The van der Waals surface area contributed by atoms with Gasteiger partial charge in [0.25, 0.3) is 5.22 Å². The second-order valence-corrected chi connectivity index (χ2v) is 10.1. The summed E-state index contributed by atoms with van der Waals surface area (Å²) in [5.74, 6) is 0.537. The third-order valence-electron chi connectivity index (χ3n) is 5.27. The minimum atomic E-state index is -3.58. The quantitative estimate of drug-likeness (QED) is 0.567. The van der Waals surface area contributed by atoms with Crippen LogP contribution >= 0.6 is 11.8 Å². The molecule has 1 aliphatic rings. The number of rotatable bonds is 8. The molecular formula is C20H28N4O4S2. The van der Waals surface area contributed by atoms with E-state index < -0.39 is 10.0 Å². The highest BCUT2D eigenvalue weighted by Crippen LogP contribution is 2.27. The summed E-state index contributed by atoms with van der Waals surface area (Å²) >= 11 is 1.20. The zero-order valence-corrected chi connectivity index (χ0v) is 19.2. The molecular weight excluding hydrogens is 424 g/mol. The molecule has 2 aromatic rings. The monoisotopic (exact) mass is 452 g/mol. The van der Waals surface area contributed by atoms with Crippen molar-refractivity contribution in [2.24, 2.45) is 0 Å². The Balaban J connectivity index is 1.70. The van der Waals surface area contributed by atoms with Crippen LogP contribution in [0.5, 0.6) is 0 Å². The van der Waals surface area contributed by atoms with Gasteiger partial charge in [-0.15, -0.1) is 10.2 Å². The number of aromatic nitrogens is 2. The molecule has 8 nitrogen and oxygen atoms in total. The van der Waals surface area contributed by atoms with Gasteiger partial charge in [-0.05, 0) is 44.4 Å². The first-order chi connectivity index (χ1) is 14.4. The molecule has 0 unspecified atom stereocenters. The van der Waals surface area contributed by atoms with Gasteiger partial charge in [-0.1, -0.05) is 31.7 Å². The Morgan fingerprint density at radius 3 is 2.73 bits per heavy atom. The first-order valence-corrected chi connectivity index (χ1v) is 12.7. The molecule has 1 amide bonds. The number of carbonyl (C=O) groups excluding carboxylic acids is 1. The van der Waals surface area contributed by atoms with Crippen molar-refractivity contribution < 1.29 is 17.6 Å². The lowest BCUT2D eigenvalue weighted by atomic mass is 10.0. The van der Waals surface area contributed by atoms with Crippen LogP contribution in [-0.4, -0.2) is 65.2 Å². The fourth-order valence-electron chi connectivity index (χ4n) is 3.56. The first kappa shape index (κ1) is 22.8. The Hall–Kier alpha value is -1.91. The van der Waals surface area contributed by atoms with E-state index in [0.29, 0.717) is 23.9 Å². The number of benzene rings is 1. The van der Waals surface area contributed by atoms with Crippen LogP contribution < -0.4 is 0 Å². The number of carbonyl (C=O) groups is 1. The summed E-state index contributed by atoms with van der Waals surface area (Å²) in [6.45, 7) is 7.27. The number of sulfonamides is 1. The lowest BCUT2D eigenvalue weighted by Crippen LogP contribution is -2.42. The van der Waals surface area contributed by atoms with Crippen LogP contribution in [0.1, 0.15) is 40.0 Å². The Morgan fingerprint density at radius 2 is 2.03 bits per heavy atom.